The molecule has 0 saturated carbocycles. The quantitative estimate of drug-likeness (QED) is 0.778. The highest BCUT2D eigenvalue weighted by Crippen LogP contribution is 2.21. The molecule has 0 aliphatic carbocycles. The molecular weight excluding hydrogens is 232 g/mol. The molecule has 0 saturated heterocycles. The zero-order valence-electron chi connectivity index (χ0n) is 11.5. The van der Waals surface area contributed by atoms with Gasteiger partial charge >= 0.3 is 0 Å². The summed E-state index contributed by atoms with van der Waals surface area (Å²) in [6.45, 7) is 5.98. The molecule has 0 aliphatic rings. The van der Waals surface area contributed by atoms with Crippen LogP contribution in [-0.4, -0.2) is 50.0 Å². The normalized spacial score (nSPS) is 12.4. The van der Waals surface area contributed by atoms with Gasteiger partial charge in [-0.05, 0) is 13.8 Å². The van der Waals surface area contributed by atoms with Crippen molar-refractivity contribution >= 4 is 11.6 Å². The number of methoxy groups -OCH3 is 2. The molecule has 1 atom stereocenters. The first-order valence-electron chi connectivity index (χ1n) is 5.93. The Morgan fingerprint density at radius 2 is 2.06 bits per heavy atom. The lowest BCUT2D eigenvalue weighted by Gasteiger charge is -2.30. The number of ether oxygens (including phenoxy) is 2. The predicted octanol–water partition coefficient (Wildman–Crippen LogP) is 0.855. The van der Waals surface area contributed by atoms with Crippen molar-refractivity contribution in [2.75, 3.05) is 44.6 Å². The summed E-state index contributed by atoms with van der Waals surface area (Å²) in [5.74, 6) is 1.34. The summed E-state index contributed by atoms with van der Waals surface area (Å²) >= 11 is 0. The van der Waals surface area contributed by atoms with Gasteiger partial charge in [-0.2, -0.15) is 0 Å². The molecule has 102 valence electrons. The van der Waals surface area contributed by atoms with E-state index in [1.54, 1.807) is 14.2 Å². The summed E-state index contributed by atoms with van der Waals surface area (Å²) in [6, 6.07) is 0.193. The highest BCUT2D eigenvalue weighted by Gasteiger charge is 2.18. The minimum Gasteiger partial charge on any atom is -0.383 e. The molecule has 0 radical (unpaired) electrons. The highest BCUT2D eigenvalue weighted by atomic mass is 16.5. The van der Waals surface area contributed by atoms with E-state index >= 15 is 0 Å². The average molecular weight is 254 g/mol. The highest BCUT2D eigenvalue weighted by molar-refractivity contribution is 5.56. The number of nitrogens with zero attached hydrogens (tertiary/aromatic N) is 3. The van der Waals surface area contributed by atoms with Gasteiger partial charge in [0.25, 0.3) is 0 Å². The molecule has 2 N–H and O–H groups in total. The molecule has 0 fully saturated rings. The van der Waals surface area contributed by atoms with Crippen molar-refractivity contribution in [3.05, 3.63) is 11.9 Å². The Bertz CT molecular complexity index is 373. The van der Waals surface area contributed by atoms with Gasteiger partial charge in [0.2, 0.25) is 0 Å². The third-order valence-electron chi connectivity index (χ3n) is 2.84. The summed E-state index contributed by atoms with van der Waals surface area (Å²) in [4.78, 5) is 10.4. The van der Waals surface area contributed by atoms with Crippen molar-refractivity contribution in [2.24, 2.45) is 0 Å². The predicted molar refractivity (Wildman–Crippen MR) is 71.7 cm³/mol. The fourth-order valence-corrected chi connectivity index (χ4v) is 1.80. The van der Waals surface area contributed by atoms with E-state index in [1.165, 1.54) is 6.33 Å². The largest absolute Gasteiger partial charge is 0.383 e. The lowest BCUT2D eigenvalue weighted by atomic mass is 10.2. The standard InChI is InChI=1S/C12H22N4O2/c1-9(7-18-4)16(5-6-17-3)12-10(2)11(13)14-8-15-12/h8-9H,5-7H2,1-4H3,(H2,13,14,15). The Kier molecular flexibility index (Phi) is 5.80. The van der Waals surface area contributed by atoms with Crippen molar-refractivity contribution in [3.8, 4) is 0 Å². The maximum Gasteiger partial charge on any atom is 0.137 e. The van der Waals surface area contributed by atoms with Gasteiger partial charge in [0, 0.05) is 26.3 Å². The molecule has 6 nitrogen and oxygen atoms in total. The SMILES string of the molecule is COCCN(c1ncnc(N)c1C)C(C)COC. The van der Waals surface area contributed by atoms with Crippen LogP contribution in [0.4, 0.5) is 11.6 Å². The number of hydrogen-bond acceptors (Lipinski definition) is 6. The first-order valence-corrected chi connectivity index (χ1v) is 5.93. The Hall–Kier alpha value is -1.40. The summed E-state index contributed by atoms with van der Waals surface area (Å²) < 4.78 is 10.3. The van der Waals surface area contributed by atoms with Gasteiger partial charge in [0.05, 0.1) is 19.3 Å². The van der Waals surface area contributed by atoms with Gasteiger partial charge in [-0.15, -0.1) is 0 Å². The number of aromatic nitrogens is 2. The number of anilines is 2. The Morgan fingerprint density at radius 3 is 2.67 bits per heavy atom. The summed E-state index contributed by atoms with van der Waals surface area (Å²) in [5, 5.41) is 0. The number of nitrogen functional groups attached to an aromatic ring is 1. The zero-order valence-corrected chi connectivity index (χ0v) is 11.5. The number of hydrogen-bond donors (Lipinski definition) is 1. The van der Waals surface area contributed by atoms with Crippen molar-refractivity contribution in [1.82, 2.24) is 9.97 Å². The Balaban J connectivity index is 2.97. The average Bonchev–Trinajstić information content (AvgIpc) is 2.35. The molecule has 1 heterocycles. The van der Waals surface area contributed by atoms with Crippen molar-refractivity contribution in [3.63, 3.8) is 0 Å². The van der Waals surface area contributed by atoms with Crippen LogP contribution in [0.3, 0.4) is 0 Å². The van der Waals surface area contributed by atoms with Crippen LogP contribution in [-0.2, 0) is 9.47 Å². The van der Waals surface area contributed by atoms with E-state index in [0.717, 1.165) is 17.9 Å². The molecule has 0 aliphatic heterocycles. The summed E-state index contributed by atoms with van der Waals surface area (Å²) in [5.41, 5.74) is 6.71. The van der Waals surface area contributed by atoms with E-state index in [1.807, 2.05) is 6.92 Å². The van der Waals surface area contributed by atoms with Crippen LogP contribution in [0.1, 0.15) is 12.5 Å². The minimum atomic E-state index is 0.193. The van der Waals surface area contributed by atoms with Crippen molar-refractivity contribution < 1.29 is 9.47 Å². The van der Waals surface area contributed by atoms with Crippen molar-refractivity contribution in [2.45, 2.75) is 19.9 Å². The maximum absolute atomic E-state index is 5.82. The molecular formula is C12H22N4O2. The van der Waals surface area contributed by atoms with E-state index in [2.05, 4.69) is 21.8 Å². The monoisotopic (exact) mass is 254 g/mol. The Morgan fingerprint density at radius 1 is 1.33 bits per heavy atom. The molecule has 1 aromatic heterocycles. The third-order valence-corrected chi connectivity index (χ3v) is 2.84. The summed E-state index contributed by atoms with van der Waals surface area (Å²) in [7, 11) is 3.37. The molecule has 0 amide bonds. The molecule has 0 aromatic carbocycles. The smallest absolute Gasteiger partial charge is 0.137 e. The van der Waals surface area contributed by atoms with Crippen LogP contribution in [0.15, 0.2) is 6.33 Å². The first kappa shape index (κ1) is 14.7. The second-order valence-electron chi connectivity index (χ2n) is 4.20. The fraction of sp³-hybridized carbons (Fsp3) is 0.667. The molecule has 6 heteroatoms. The van der Waals surface area contributed by atoms with E-state index in [9.17, 15) is 0 Å². The lowest BCUT2D eigenvalue weighted by Crippen LogP contribution is -2.39. The molecule has 0 spiro atoms. The van der Waals surface area contributed by atoms with Crippen LogP contribution in [0.5, 0.6) is 0 Å². The van der Waals surface area contributed by atoms with Crippen LogP contribution in [0, 0.1) is 6.92 Å². The van der Waals surface area contributed by atoms with Crippen LogP contribution >= 0.6 is 0 Å². The molecule has 1 rings (SSSR count). The molecule has 1 unspecified atom stereocenters. The van der Waals surface area contributed by atoms with E-state index in [0.29, 0.717) is 19.0 Å². The molecule has 0 bridgehead atoms. The van der Waals surface area contributed by atoms with Crippen LogP contribution < -0.4 is 10.6 Å². The molecule has 18 heavy (non-hydrogen) atoms. The van der Waals surface area contributed by atoms with Gasteiger partial charge in [-0.25, -0.2) is 9.97 Å². The zero-order chi connectivity index (χ0) is 13.5. The van der Waals surface area contributed by atoms with E-state index in [4.69, 9.17) is 15.2 Å². The third kappa shape index (κ3) is 3.54. The first-order chi connectivity index (χ1) is 8.61. The van der Waals surface area contributed by atoms with Gasteiger partial charge in [0.1, 0.15) is 18.0 Å². The number of nitrogens with two attached hydrogens (primary N) is 1. The van der Waals surface area contributed by atoms with Crippen LogP contribution in [0.2, 0.25) is 0 Å². The lowest BCUT2D eigenvalue weighted by molar-refractivity contribution is 0.170. The van der Waals surface area contributed by atoms with E-state index in [-0.39, 0.29) is 6.04 Å². The van der Waals surface area contributed by atoms with E-state index < -0.39 is 0 Å². The second kappa shape index (κ2) is 7.13. The maximum atomic E-state index is 5.82. The van der Waals surface area contributed by atoms with Crippen molar-refractivity contribution in [1.29, 1.82) is 0 Å². The minimum absolute atomic E-state index is 0.193. The Labute approximate surface area is 108 Å². The molecule has 1 aromatic rings. The van der Waals surface area contributed by atoms with Gasteiger partial charge < -0.3 is 20.1 Å². The van der Waals surface area contributed by atoms with Gasteiger partial charge in [-0.1, -0.05) is 0 Å². The fourth-order valence-electron chi connectivity index (χ4n) is 1.80. The second-order valence-corrected chi connectivity index (χ2v) is 4.20. The van der Waals surface area contributed by atoms with Gasteiger partial charge in [-0.3, -0.25) is 0 Å². The number of rotatable bonds is 7. The van der Waals surface area contributed by atoms with Crippen LogP contribution in [0.25, 0.3) is 0 Å². The topological polar surface area (TPSA) is 73.5 Å². The van der Waals surface area contributed by atoms with Gasteiger partial charge in [0.15, 0.2) is 0 Å². The summed E-state index contributed by atoms with van der Waals surface area (Å²) in [6.07, 6.45) is 1.48.